The van der Waals surface area contributed by atoms with Crippen LogP contribution in [0.5, 0.6) is 0 Å². The van der Waals surface area contributed by atoms with Crippen LogP contribution in [-0.4, -0.2) is 58.6 Å². The molecule has 14 atom stereocenters. The molecular weight excluding hydrogens is 512 g/mol. The topological polar surface area (TPSA) is 79.2 Å². The van der Waals surface area contributed by atoms with Crippen molar-refractivity contribution in [1.82, 2.24) is 0 Å². The van der Waals surface area contributed by atoms with Gasteiger partial charge < -0.3 is 24.8 Å². The molecule has 236 valence electrons. The van der Waals surface area contributed by atoms with Crippen molar-refractivity contribution >= 4 is 0 Å². The first-order chi connectivity index (χ1) is 19.4. The van der Waals surface area contributed by atoms with Crippen LogP contribution in [-0.2, 0) is 9.47 Å². The zero-order valence-corrected chi connectivity index (χ0v) is 27.2. The highest BCUT2D eigenvalue weighted by Crippen LogP contribution is 2.67. The molecule has 5 heteroatoms. The van der Waals surface area contributed by atoms with E-state index in [0.29, 0.717) is 5.41 Å². The van der Waals surface area contributed by atoms with E-state index in [0.717, 1.165) is 54.3 Å². The van der Waals surface area contributed by atoms with Gasteiger partial charge in [0, 0.05) is 0 Å². The first-order valence-corrected chi connectivity index (χ1v) is 17.4. The third kappa shape index (κ3) is 5.86. The van der Waals surface area contributed by atoms with Crippen LogP contribution < -0.4 is 0 Å². The molecule has 1 saturated heterocycles. The van der Waals surface area contributed by atoms with Crippen LogP contribution in [0.4, 0.5) is 0 Å². The van der Waals surface area contributed by atoms with Gasteiger partial charge in [0.25, 0.3) is 0 Å². The molecule has 3 saturated carbocycles. The average molecular weight is 575 g/mol. The van der Waals surface area contributed by atoms with Gasteiger partial charge in [-0.3, -0.25) is 0 Å². The molecule has 0 aromatic rings. The number of fused-ring (bicyclic) bond motifs is 5. The van der Waals surface area contributed by atoms with E-state index in [4.69, 9.17) is 9.47 Å². The van der Waals surface area contributed by atoms with Gasteiger partial charge >= 0.3 is 0 Å². The van der Waals surface area contributed by atoms with Crippen LogP contribution in [0.2, 0.25) is 0 Å². The molecule has 5 rings (SSSR count). The third-order valence-electron chi connectivity index (χ3n) is 13.7. The summed E-state index contributed by atoms with van der Waals surface area (Å²) in [6, 6.07) is 0. The number of aliphatic hydroxyl groups excluding tert-OH is 3. The van der Waals surface area contributed by atoms with Gasteiger partial charge in [-0.15, -0.1) is 0 Å². The summed E-state index contributed by atoms with van der Waals surface area (Å²) in [7, 11) is 0. The predicted molar refractivity (Wildman–Crippen MR) is 164 cm³/mol. The maximum absolute atomic E-state index is 10.4. The minimum atomic E-state index is -1.19. The maximum atomic E-state index is 10.4. The molecule has 1 heterocycles. The summed E-state index contributed by atoms with van der Waals surface area (Å²) in [5.41, 5.74) is 2.41. The molecule has 41 heavy (non-hydrogen) atoms. The fourth-order valence-electron chi connectivity index (χ4n) is 10.9. The summed E-state index contributed by atoms with van der Waals surface area (Å²) in [6.45, 7) is 17.0. The number of aliphatic hydroxyl groups is 3. The second kappa shape index (κ2) is 12.5. The van der Waals surface area contributed by atoms with Crippen LogP contribution in [0.25, 0.3) is 0 Å². The number of hydrogen-bond acceptors (Lipinski definition) is 5. The molecule has 0 spiro atoms. The Morgan fingerprint density at radius 3 is 2.41 bits per heavy atom. The predicted octanol–water partition coefficient (Wildman–Crippen LogP) is 6.92. The molecule has 5 aliphatic rings. The van der Waals surface area contributed by atoms with Gasteiger partial charge in [0.15, 0.2) is 0 Å². The van der Waals surface area contributed by atoms with E-state index >= 15 is 0 Å². The molecule has 0 amide bonds. The third-order valence-corrected chi connectivity index (χ3v) is 13.7. The Morgan fingerprint density at radius 1 is 0.951 bits per heavy atom. The Balaban J connectivity index is 1.20. The molecule has 0 aromatic heterocycles. The number of ether oxygens (including phenoxy) is 2. The van der Waals surface area contributed by atoms with Crippen molar-refractivity contribution in [2.24, 2.45) is 52.3 Å². The van der Waals surface area contributed by atoms with E-state index in [1.54, 1.807) is 12.5 Å². The summed E-state index contributed by atoms with van der Waals surface area (Å²) in [5, 5.41) is 30.6. The lowest BCUT2D eigenvalue weighted by Gasteiger charge is -2.58. The van der Waals surface area contributed by atoms with Crippen molar-refractivity contribution < 1.29 is 24.8 Å². The maximum Gasteiger partial charge on any atom is 0.111 e. The molecule has 12 unspecified atom stereocenters. The molecule has 5 nitrogen and oxygen atoms in total. The lowest BCUT2D eigenvalue weighted by Crippen LogP contribution is -2.58. The van der Waals surface area contributed by atoms with Crippen molar-refractivity contribution in [1.29, 1.82) is 0 Å². The van der Waals surface area contributed by atoms with E-state index in [2.05, 4.69) is 47.6 Å². The smallest absolute Gasteiger partial charge is 0.111 e. The van der Waals surface area contributed by atoms with E-state index in [9.17, 15) is 15.3 Å². The van der Waals surface area contributed by atoms with Gasteiger partial charge in [-0.2, -0.15) is 0 Å². The van der Waals surface area contributed by atoms with Crippen molar-refractivity contribution in [3.8, 4) is 0 Å². The zero-order chi connectivity index (χ0) is 29.7. The number of hydrogen-bond donors (Lipinski definition) is 3. The lowest BCUT2D eigenvalue weighted by atomic mass is 9.47. The van der Waals surface area contributed by atoms with Crippen LogP contribution >= 0.6 is 0 Å². The van der Waals surface area contributed by atoms with Crippen LogP contribution in [0, 0.1) is 52.3 Å². The minimum absolute atomic E-state index is 0.129. The highest BCUT2D eigenvalue weighted by atomic mass is 16.6. The highest BCUT2D eigenvalue weighted by Gasteiger charge is 2.59. The fourth-order valence-corrected chi connectivity index (χ4v) is 10.9. The zero-order valence-electron chi connectivity index (χ0n) is 27.2. The van der Waals surface area contributed by atoms with Crippen molar-refractivity contribution in [3.05, 3.63) is 11.6 Å². The normalized spacial score (nSPS) is 47.7. The Labute approximate surface area is 250 Å². The molecule has 4 aliphatic carbocycles. The molecule has 0 aromatic carbocycles. The van der Waals surface area contributed by atoms with E-state index < -0.39 is 30.5 Å². The molecule has 1 aliphatic heterocycles. The Hall–Kier alpha value is -0.460. The Morgan fingerprint density at radius 2 is 1.71 bits per heavy atom. The number of rotatable bonds is 9. The second-order valence-electron chi connectivity index (χ2n) is 16.0. The van der Waals surface area contributed by atoms with E-state index in [1.165, 1.54) is 57.8 Å². The molecule has 3 N–H and O–H groups in total. The summed E-state index contributed by atoms with van der Waals surface area (Å²) in [6.07, 6.45) is 12.4. The monoisotopic (exact) mass is 574 g/mol. The Kier molecular flexibility index (Phi) is 9.74. The van der Waals surface area contributed by atoms with Gasteiger partial charge in [-0.05, 0) is 117 Å². The first kappa shape index (κ1) is 31.9. The number of allylic oxidation sites excluding steroid dienone is 1. The van der Waals surface area contributed by atoms with E-state index in [1.807, 2.05) is 0 Å². The van der Waals surface area contributed by atoms with Gasteiger partial charge in [-0.1, -0.05) is 66.0 Å². The molecule has 0 bridgehead atoms. The molecule has 0 radical (unpaired) electrons. The van der Waals surface area contributed by atoms with Gasteiger partial charge in [0.05, 0.1) is 18.8 Å². The van der Waals surface area contributed by atoms with Crippen LogP contribution in [0.1, 0.15) is 119 Å². The second-order valence-corrected chi connectivity index (χ2v) is 16.0. The van der Waals surface area contributed by atoms with Crippen LogP contribution in [0.15, 0.2) is 11.6 Å². The fraction of sp³-hybridized carbons (Fsp3) is 0.944. The summed E-state index contributed by atoms with van der Waals surface area (Å²) in [5.74, 6) is 5.90. The first-order valence-electron chi connectivity index (χ1n) is 17.4. The molecular formula is C36H62O5. The Bertz CT molecular complexity index is 918. The quantitative estimate of drug-likeness (QED) is 0.261. The SMILES string of the molecule is CCC(CCC(C)C1CCC2C3CC=C4CC(OC[C@@H]5OC(C)[C@@H](O)C(O)C5O)CCC4(C)C3CCC12C)C(C)C. The van der Waals surface area contributed by atoms with Gasteiger partial charge in [0.1, 0.15) is 24.4 Å². The van der Waals surface area contributed by atoms with Gasteiger partial charge in [0.2, 0.25) is 0 Å². The summed E-state index contributed by atoms with van der Waals surface area (Å²) in [4.78, 5) is 0. The standard InChI is InChI=1S/C36H62O5/c1-8-24(21(2)3)10-9-22(4)28-13-14-29-27-12-11-25-19-26(15-17-35(25,6)30(27)16-18-36(28,29)7)40-20-31-33(38)34(39)32(37)23(5)41-31/h11,21-24,26-34,37-39H,8-10,12-20H2,1-7H3/t22?,23?,24?,26?,27?,28?,29?,30?,31-,32+,33?,34?,35?,36?/m0/s1. The van der Waals surface area contributed by atoms with Crippen LogP contribution in [0.3, 0.4) is 0 Å². The lowest BCUT2D eigenvalue weighted by molar-refractivity contribution is -0.231. The minimum Gasteiger partial charge on any atom is -0.388 e. The highest BCUT2D eigenvalue weighted by molar-refractivity contribution is 5.25. The van der Waals surface area contributed by atoms with Gasteiger partial charge in [-0.25, -0.2) is 0 Å². The van der Waals surface area contributed by atoms with Crippen molar-refractivity contribution in [3.63, 3.8) is 0 Å². The van der Waals surface area contributed by atoms with E-state index in [-0.39, 0.29) is 18.1 Å². The molecule has 4 fully saturated rings. The largest absolute Gasteiger partial charge is 0.388 e. The summed E-state index contributed by atoms with van der Waals surface area (Å²) < 4.78 is 12.1. The van der Waals surface area contributed by atoms with Crippen molar-refractivity contribution in [2.45, 2.75) is 156 Å². The van der Waals surface area contributed by atoms with Crippen molar-refractivity contribution in [2.75, 3.05) is 6.61 Å². The summed E-state index contributed by atoms with van der Waals surface area (Å²) >= 11 is 0. The average Bonchev–Trinajstić information content (AvgIpc) is 3.30.